The van der Waals surface area contributed by atoms with E-state index in [0.29, 0.717) is 13.0 Å². The third kappa shape index (κ3) is 7.44. The summed E-state index contributed by atoms with van der Waals surface area (Å²) in [5.41, 5.74) is 0. The molecular formula is C5H9NO2S. The highest BCUT2D eigenvalue weighted by Gasteiger charge is 2.00. The molecule has 0 N–H and O–H groups in total. The Labute approximate surface area is 55.4 Å². The smallest absolute Gasteiger partial charge is 0.215 e. The molecule has 0 bridgehead atoms. The largest absolute Gasteiger partial charge is 0.317 e. The van der Waals surface area contributed by atoms with Gasteiger partial charge in [-0.1, -0.05) is 0 Å². The first kappa shape index (κ1) is 8.44. The fourth-order valence-electron chi connectivity index (χ4n) is 0.406. The molecule has 0 aliphatic rings. The fourth-order valence-corrected chi connectivity index (χ4v) is 1.06. The Morgan fingerprint density at radius 1 is 1.56 bits per heavy atom. The molecule has 0 aliphatic carbocycles. The van der Waals surface area contributed by atoms with Gasteiger partial charge in [0.05, 0.1) is 5.75 Å². The summed E-state index contributed by atoms with van der Waals surface area (Å²) in [7, 11) is -2.84. The normalized spacial score (nSPS) is 10.7. The lowest BCUT2D eigenvalue weighted by atomic mass is 10.5. The van der Waals surface area contributed by atoms with Crippen molar-refractivity contribution in [2.24, 2.45) is 0 Å². The van der Waals surface area contributed by atoms with Crippen LogP contribution in [0.2, 0.25) is 0 Å². The molecule has 0 saturated carbocycles. The van der Waals surface area contributed by atoms with Gasteiger partial charge in [-0.3, -0.25) is 0 Å². The Balaban J connectivity index is 3.44. The first-order valence-electron chi connectivity index (χ1n) is 2.57. The second-order valence-corrected chi connectivity index (χ2v) is 4.12. The van der Waals surface area contributed by atoms with Crippen molar-refractivity contribution in [3.05, 3.63) is 11.4 Å². The van der Waals surface area contributed by atoms with Gasteiger partial charge in [0.1, 0.15) is 9.84 Å². The van der Waals surface area contributed by atoms with E-state index in [1.807, 2.05) is 0 Å². The second kappa shape index (κ2) is 3.46. The van der Waals surface area contributed by atoms with Gasteiger partial charge in [-0.05, 0) is 0 Å². The highest BCUT2D eigenvalue weighted by Crippen LogP contribution is 1.88. The Morgan fingerprint density at radius 3 is 2.44 bits per heavy atom. The Morgan fingerprint density at radius 2 is 2.11 bits per heavy atom. The molecule has 0 amide bonds. The van der Waals surface area contributed by atoms with E-state index in [1.165, 1.54) is 6.26 Å². The van der Waals surface area contributed by atoms with Crippen LogP contribution in [0.5, 0.6) is 0 Å². The van der Waals surface area contributed by atoms with Crippen molar-refractivity contribution >= 4 is 9.84 Å². The molecule has 0 unspecified atom stereocenters. The van der Waals surface area contributed by atoms with E-state index in [2.05, 4.69) is 4.85 Å². The predicted octanol–water partition coefficient (Wildman–Crippen LogP) is 0.340. The predicted molar refractivity (Wildman–Crippen MR) is 35.8 cm³/mol. The zero-order chi connectivity index (χ0) is 7.33. The van der Waals surface area contributed by atoms with Gasteiger partial charge in [0, 0.05) is 12.7 Å². The summed E-state index contributed by atoms with van der Waals surface area (Å²) in [6.07, 6.45) is 1.64. The number of hydrogen-bond donors (Lipinski definition) is 0. The van der Waals surface area contributed by atoms with Gasteiger partial charge in [0.2, 0.25) is 6.54 Å². The van der Waals surface area contributed by atoms with E-state index in [0.717, 1.165) is 0 Å². The van der Waals surface area contributed by atoms with Gasteiger partial charge in [-0.15, -0.1) is 0 Å². The summed E-state index contributed by atoms with van der Waals surface area (Å²) in [4.78, 5) is 3.02. The summed E-state index contributed by atoms with van der Waals surface area (Å²) < 4.78 is 20.8. The Bertz CT molecular complexity index is 199. The van der Waals surface area contributed by atoms with Gasteiger partial charge < -0.3 is 4.85 Å². The monoisotopic (exact) mass is 147 g/mol. The average Bonchev–Trinajstić information content (AvgIpc) is 1.63. The first-order valence-corrected chi connectivity index (χ1v) is 4.63. The van der Waals surface area contributed by atoms with Crippen LogP contribution in [0.4, 0.5) is 0 Å². The lowest BCUT2D eigenvalue weighted by molar-refractivity contribution is 0.600. The van der Waals surface area contributed by atoms with Crippen LogP contribution in [0.15, 0.2) is 0 Å². The van der Waals surface area contributed by atoms with Crippen LogP contribution < -0.4 is 0 Å². The van der Waals surface area contributed by atoms with Gasteiger partial charge in [0.25, 0.3) is 0 Å². The maximum Gasteiger partial charge on any atom is 0.215 e. The van der Waals surface area contributed by atoms with Crippen molar-refractivity contribution in [1.29, 1.82) is 0 Å². The van der Waals surface area contributed by atoms with Crippen molar-refractivity contribution in [3.63, 3.8) is 0 Å². The van der Waals surface area contributed by atoms with E-state index in [4.69, 9.17) is 6.57 Å². The first-order chi connectivity index (χ1) is 4.06. The number of rotatable bonds is 3. The highest BCUT2D eigenvalue weighted by molar-refractivity contribution is 7.90. The van der Waals surface area contributed by atoms with Crippen molar-refractivity contribution in [2.75, 3.05) is 18.6 Å². The maximum atomic E-state index is 10.4. The molecule has 0 aromatic heterocycles. The van der Waals surface area contributed by atoms with Crippen LogP contribution in [0, 0.1) is 6.57 Å². The molecule has 0 saturated heterocycles. The molecule has 3 nitrogen and oxygen atoms in total. The minimum absolute atomic E-state index is 0.134. The van der Waals surface area contributed by atoms with E-state index in [1.54, 1.807) is 0 Å². The summed E-state index contributed by atoms with van der Waals surface area (Å²) >= 11 is 0. The molecule has 9 heavy (non-hydrogen) atoms. The van der Waals surface area contributed by atoms with E-state index < -0.39 is 9.84 Å². The van der Waals surface area contributed by atoms with Gasteiger partial charge in [-0.2, -0.15) is 0 Å². The molecule has 0 atom stereocenters. The topological polar surface area (TPSA) is 38.5 Å². The van der Waals surface area contributed by atoms with Gasteiger partial charge >= 0.3 is 0 Å². The second-order valence-electron chi connectivity index (χ2n) is 1.87. The van der Waals surface area contributed by atoms with Crippen molar-refractivity contribution < 1.29 is 8.42 Å². The van der Waals surface area contributed by atoms with Crippen LogP contribution in [-0.2, 0) is 9.84 Å². The number of nitrogens with zero attached hydrogens (tertiary/aromatic N) is 1. The van der Waals surface area contributed by atoms with Gasteiger partial charge in [-0.25, -0.2) is 15.0 Å². The van der Waals surface area contributed by atoms with E-state index in [9.17, 15) is 8.42 Å². The Kier molecular flexibility index (Phi) is 3.25. The summed E-state index contributed by atoms with van der Waals surface area (Å²) in [5, 5.41) is 0. The van der Waals surface area contributed by atoms with Crippen LogP contribution in [0.1, 0.15) is 6.42 Å². The average molecular weight is 147 g/mol. The molecule has 0 fully saturated rings. The minimum Gasteiger partial charge on any atom is -0.317 e. The summed E-state index contributed by atoms with van der Waals surface area (Å²) in [5.74, 6) is 0.134. The third-order valence-corrected chi connectivity index (χ3v) is 1.82. The summed E-state index contributed by atoms with van der Waals surface area (Å²) in [6, 6.07) is 0. The van der Waals surface area contributed by atoms with Crippen molar-refractivity contribution in [2.45, 2.75) is 6.42 Å². The lowest BCUT2D eigenvalue weighted by Crippen LogP contribution is -2.03. The standard InChI is InChI=1S/C5H9NO2S/c1-6-4-3-5-9(2,7)8/h3-5H2,2H3. The van der Waals surface area contributed by atoms with E-state index in [-0.39, 0.29) is 5.75 Å². The molecule has 52 valence electrons. The van der Waals surface area contributed by atoms with E-state index >= 15 is 0 Å². The SMILES string of the molecule is [C-]#[N+]CCCS(C)(=O)=O. The number of hydrogen-bond acceptors (Lipinski definition) is 2. The summed E-state index contributed by atoms with van der Waals surface area (Å²) in [6.45, 7) is 6.65. The molecule has 0 spiro atoms. The molecule has 0 aromatic rings. The van der Waals surface area contributed by atoms with Crippen LogP contribution in [0.3, 0.4) is 0 Å². The van der Waals surface area contributed by atoms with Gasteiger partial charge in [0.15, 0.2) is 0 Å². The number of sulfone groups is 1. The quantitative estimate of drug-likeness (QED) is 0.426. The van der Waals surface area contributed by atoms with Crippen molar-refractivity contribution in [3.8, 4) is 0 Å². The fraction of sp³-hybridized carbons (Fsp3) is 0.800. The Hall–Kier alpha value is -0.560. The molecular weight excluding hydrogens is 138 g/mol. The molecule has 0 rings (SSSR count). The minimum atomic E-state index is -2.84. The molecule has 0 heterocycles. The molecule has 0 aliphatic heterocycles. The zero-order valence-corrected chi connectivity index (χ0v) is 6.11. The highest BCUT2D eigenvalue weighted by atomic mass is 32.2. The third-order valence-electron chi connectivity index (χ3n) is 0.785. The molecule has 0 aromatic carbocycles. The molecule has 4 heteroatoms. The van der Waals surface area contributed by atoms with Crippen LogP contribution in [-0.4, -0.2) is 27.0 Å². The molecule has 0 radical (unpaired) electrons. The van der Waals surface area contributed by atoms with Crippen LogP contribution in [0.25, 0.3) is 4.85 Å². The maximum absolute atomic E-state index is 10.4. The lowest BCUT2D eigenvalue weighted by Gasteiger charge is -1.88. The van der Waals surface area contributed by atoms with Crippen molar-refractivity contribution in [1.82, 2.24) is 0 Å². The zero-order valence-electron chi connectivity index (χ0n) is 5.29. The van der Waals surface area contributed by atoms with Crippen LogP contribution >= 0.6 is 0 Å².